The number of nitrogens with zero attached hydrogens (tertiary/aromatic N) is 1. The molecule has 0 aliphatic carbocycles. The van der Waals surface area contributed by atoms with Gasteiger partial charge in [0.05, 0.1) is 12.8 Å². The summed E-state index contributed by atoms with van der Waals surface area (Å²) < 4.78 is 4.58. The summed E-state index contributed by atoms with van der Waals surface area (Å²) in [5.41, 5.74) is 10.8. The largest absolute Gasteiger partial charge is 0.464 e. The molecule has 1 amide bonds. The second-order valence-corrected chi connectivity index (χ2v) is 4.78. The van der Waals surface area contributed by atoms with Crippen LogP contribution in [0, 0.1) is 0 Å². The number of nitrogens with two attached hydrogens (primary N) is 2. The first-order valence-corrected chi connectivity index (χ1v) is 5.66. The highest BCUT2D eigenvalue weighted by Crippen LogP contribution is 2.22. The normalized spacial score (nSPS) is 10.9. The second kappa shape index (κ2) is 5.55. The van der Waals surface area contributed by atoms with Crippen LogP contribution in [0.1, 0.15) is 30.8 Å². The molecule has 0 aromatic carbocycles. The van der Waals surface area contributed by atoms with Gasteiger partial charge < -0.3 is 21.5 Å². The molecular weight excluding hydrogens is 248 g/mol. The number of rotatable bonds is 5. The Bertz CT molecular complexity index is 500. The van der Waals surface area contributed by atoms with E-state index in [1.807, 2.05) is 0 Å². The minimum atomic E-state index is -0.623. The molecule has 7 heteroatoms. The zero-order chi connectivity index (χ0) is 14.6. The summed E-state index contributed by atoms with van der Waals surface area (Å²) in [6.45, 7) is 3.56. The maximum Gasteiger partial charge on any atom is 0.356 e. The van der Waals surface area contributed by atoms with Crippen LogP contribution in [0.4, 0.5) is 11.5 Å². The Balaban J connectivity index is 3.00. The number of methoxy groups -OCH3 is 1. The van der Waals surface area contributed by atoms with Crippen molar-refractivity contribution < 1.29 is 14.3 Å². The summed E-state index contributed by atoms with van der Waals surface area (Å²) in [5, 5.41) is 2.99. The monoisotopic (exact) mass is 266 g/mol. The number of carbonyl (C=O) groups excluding carboxylic acids is 2. The molecule has 0 fully saturated rings. The standard InChI is InChI=1S/C12H18N4O3/c1-12(2,6-9(14)17)16-10-7(13)4-5-8(15-10)11(18)19-3/h4-5H,6,13H2,1-3H3,(H2,14,17)(H,15,16). The van der Waals surface area contributed by atoms with E-state index in [9.17, 15) is 9.59 Å². The van der Waals surface area contributed by atoms with Gasteiger partial charge in [-0.1, -0.05) is 0 Å². The van der Waals surface area contributed by atoms with Gasteiger partial charge in [0.15, 0.2) is 11.5 Å². The Morgan fingerprint density at radius 3 is 2.58 bits per heavy atom. The van der Waals surface area contributed by atoms with Gasteiger partial charge in [0, 0.05) is 12.0 Å². The third-order valence-electron chi connectivity index (χ3n) is 2.39. The molecule has 5 N–H and O–H groups in total. The lowest BCUT2D eigenvalue weighted by Crippen LogP contribution is -2.36. The van der Waals surface area contributed by atoms with E-state index in [4.69, 9.17) is 11.5 Å². The van der Waals surface area contributed by atoms with Crippen molar-refractivity contribution in [3.63, 3.8) is 0 Å². The summed E-state index contributed by atoms with van der Waals surface area (Å²) in [6, 6.07) is 3.01. The zero-order valence-electron chi connectivity index (χ0n) is 11.2. The van der Waals surface area contributed by atoms with E-state index in [1.165, 1.54) is 13.2 Å². The molecule has 0 aliphatic rings. The number of aromatic nitrogens is 1. The van der Waals surface area contributed by atoms with Crippen molar-refractivity contribution in [1.82, 2.24) is 4.98 Å². The predicted octanol–water partition coefficient (Wildman–Crippen LogP) is 0.516. The number of primary amides is 1. The van der Waals surface area contributed by atoms with E-state index < -0.39 is 17.4 Å². The molecule has 0 unspecified atom stereocenters. The van der Waals surface area contributed by atoms with Crippen LogP contribution in [-0.4, -0.2) is 29.5 Å². The van der Waals surface area contributed by atoms with Crippen LogP contribution in [0.25, 0.3) is 0 Å². The first-order chi connectivity index (χ1) is 8.75. The van der Waals surface area contributed by atoms with Gasteiger partial charge in [0.2, 0.25) is 5.91 Å². The molecular formula is C12H18N4O3. The highest BCUT2D eigenvalue weighted by molar-refractivity contribution is 5.88. The zero-order valence-corrected chi connectivity index (χ0v) is 11.2. The number of anilines is 2. The van der Waals surface area contributed by atoms with Gasteiger partial charge in [-0.05, 0) is 26.0 Å². The highest BCUT2D eigenvalue weighted by atomic mass is 16.5. The van der Waals surface area contributed by atoms with Gasteiger partial charge in [-0.15, -0.1) is 0 Å². The molecule has 0 radical (unpaired) electrons. The minimum Gasteiger partial charge on any atom is -0.464 e. The molecule has 1 rings (SSSR count). The molecule has 19 heavy (non-hydrogen) atoms. The SMILES string of the molecule is COC(=O)c1ccc(N)c(NC(C)(C)CC(N)=O)n1. The first kappa shape index (κ1) is 14.7. The van der Waals surface area contributed by atoms with Crippen LogP contribution in [0.15, 0.2) is 12.1 Å². The van der Waals surface area contributed by atoms with Crippen LogP contribution in [0.2, 0.25) is 0 Å². The van der Waals surface area contributed by atoms with Crippen LogP contribution in [0.5, 0.6) is 0 Å². The fourth-order valence-corrected chi connectivity index (χ4v) is 1.59. The number of pyridine rings is 1. The molecule has 0 atom stereocenters. The highest BCUT2D eigenvalue weighted by Gasteiger charge is 2.22. The Morgan fingerprint density at radius 1 is 1.42 bits per heavy atom. The van der Waals surface area contributed by atoms with Gasteiger partial charge in [-0.2, -0.15) is 0 Å². The van der Waals surface area contributed by atoms with Gasteiger partial charge in [0.1, 0.15) is 0 Å². The topological polar surface area (TPSA) is 120 Å². The fraction of sp³-hybridized carbons (Fsp3) is 0.417. The summed E-state index contributed by atoms with van der Waals surface area (Å²) in [5.74, 6) is -0.690. The average Bonchev–Trinajstić information content (AvgIpc) is 2.29. The van der Waals surface area contributed by atoms with Gasteiger partial charge in [-0.25, -0.2) is 9.78 Å². The maximum atomic E-state index is 11.4. The number of esters is 1. The van der Waals surface area contributed by atoms with Crippen molar-refractivity contribution in [2.24, 2.45) is 5.73 Å². The molecule has 1 aromatic heterocycles. The summed E-state index contributed by atoms with van der Waals surface area (Å²) >= 11 is 0. The summed E-state index contributed by atoms with van der Waals surface area (Å²) in [6.07, 6.45) is 0.108. The summed E-state index contributed by atoms with van der Waals surface area (Å²) in [7, 11) is 1.27. The smallest absolute Gasteiger partial charge is 0.356 e. The van der Waals surface area contributed by atoms with E-state index in [2.05, 4.69) is 15.0 Å². The van der Waals surface area contributed by atoms with Gasteiger partial charge in [-0.3, -0.25) is 4.79 Å². The van der Waals surface area contributed by atoms with E-state index in [1.54, 1.807) is 19.9 Å². The molecule has 0 spiro atoms. The summed E-state index contributed by atoms with van der Waals surface area (Å²) in [4.78, 5) is 26.4. The van der Waals surface area contributed by atoms with Crippen LogP contribution >= 0.6 is 0 Å². The molecule has 0 saturated heterocycles. The lowest BCUT2D eigenvalue weighted by atomic mass is 10.0. The number of amides is 1. The number of carbonyl (C=O) groups is 2. The van der Waals surface area contributed by atoms with Crippen LogP contribution in [0.3, 0.4) is 0 Å². The fourth-order valence-electron chi connectivity index (χ4n) is 1.59. The number of nitrogens with one attached hydrogen (secondary N) is 1. The molecule has 0 bridgehead atoms. The third-order valence-corrected chi connectivity index (χ3v) is 2.39. The van der Waals surface area contributed by atoms with Gasteiger partial charge >= 0.3 is 5.97 Å². The van der Waals surface area contributed by atoms with Crippen LogP contribution in [-0.2, 0) is 9.53 Å². The van der Waals surface area contributed by atoms with Crippen molar-refractivity contribution in [2.75, 3.05) is 18.2 Å². The molecule has 0 saturated carbocycles. The van der Waals surface area contributed by atoms with Crippen LogP contribution < -0.4 is 16.8 Å². The quantitative estimate of drug-likeness (QED) is 0.668. The minimum absolute atomic E-state index is 0.108. The molecule has 0 aliphatic heterocycles. The lowest BCUT2D eigenvalue weighted by Gasteiger charge is -2.26. The van der Waals surface area contributed by atoms with Crippen molar-refractivity contribution in [3.05, 3.63) is 17.8 Å². The number of ether oxygens (including phenoxy) is 1. The van der Waals surface area contributed by atoms with E-state index in [0.717, 1.165) is 0 Å². The Kier molecular flexibility index (Phi) is 4.31. The lowest BCUT2D eigenvalue weighted by molar-refractivity contribution is -0.118. The van der Waals surface area contributed by atoms with E-state index in [-0.39, 0.29) is 12.1 Å². The number of nitrogen functional groups attached to an aromatic ring is 1. The Labute approximate surface area is 111 Å². The molecule has 1 heterocycles. The number of hydrogen-bond acceptors (Lipinski definition) is 6. The Morgan fingerprint density at radius 2 is 2.05 bits per heavy atom. The van der Waals surface area contributed by atoms with Crippen molar-refractivity contribution in [1.29, 1.82) is 0 Å². The molecule has 104 valence electrons. The van der Waals surface area contributed by atoms with Gasteiger partial charge in [0.25, 0.3) is 0 Å². The third kappa shape index (κ3) is 4.13. The second-order valence-electron chi connectivity index (χ2n) is 4.78. The molecule has 1 aromatic rings. The maximum absolute atomic E-state index is 11.4. The van der Waals surface area contributed by atoms with Crippen molar-refractivity contribution in [3.8, 4) is 0 Å². The van der Waals surface area contributed by atoms with Crippen molar-refractivity contribution >= 4 is 23.4 Å². The number of hydrogen-bond donors (Lipinski definition) is 3. The predicted molar refractivity (Wildman–Crippen MR) is 71.5 cm³/mol. The van der Waals surface area contributed by atoms with Crippen molar-refractivity contribution in [2.45, 2.75) is 25.8 Å². The van der Waals surface area contributed by atoms with E-state index >= 15 is 0 Å². The molecule has 7 nitrogen and oxygen atoms in total. The van der Waals surface area contributed by atoms with E-state index in [0.29, 0.717) is 11.5 Å². The average molecular weight is 266 g/mol. The Hall–Kier alpha value is -2.31. The first-order valence-electron chi connectivity index (χ1n) is 5.66.